The summed E-state index contributed by atoms with van der Waals surface area (Å²) in [6.07, 6.45) is 4.36. The minimum Gasteiger partial charge on any atom is -0.353 e. The molecule has 1 N–H and O–H groups in total. The molecule has 2 aromatic heterocycles. The van der Waals surface area contributed by atoms with Gasteiger partial charge in [0.2, 0.25) is 0 Å². The predicted octanol–water partition coefficient (Wildman–Crippen LogP) is 3.62. The number of benzene rings is 1. The SMILES string of the molecule is CCc1ccccc1NC(=O)c1ccc(N2CCN(c3ccccn3)CC2)nc1. The topological polar surface area (TPSA) is 61.4 Å². The Kier molecular flexibility index (Phi) is 5.70. The molecule has 0 unspecified atom stereocenters. The summed E-state index contributed by atoms with van der Waals surface area (Å²) in [7, 11) is 0. The van der Waals surface area contributed by atoms with Crippen LogP contribution in [0.4, 0.5) is 17.3 Å². The third-order valence-electron chi connectivity index (χ3n) is 5.23. The molecule has 148 valence electrons. The molecule has 4 rings (SSSR count). The van der Waals surface area contributed by atoms with Gasteiger partial charge in [-0.05, 0) is 42.3 Å². The van der Waals surface area contributed by atoms with Gasteiger partial charge < -0.3 is 15.1 Å². The van der Waals surface area contributed by atoms with E-state index in [1.165, 1.54) is 0 Å². The van der Waals surface area contributed by atoms with E-state index in [4.69, 9.17) is 0 Å². The number of amides is 1. The number of nitrogens with zero attached hydrogens (tertiary/aromatic N) is 4. The molecule has 3 aromatic rings. The van der Waals surface area contributed by atoms with Crippen LogP contribution in [0.2, 0.25) is 0 Å². The Hall–Kier alpha value is -3.41. The van der Waals surface area contributed by atoms with Crippen LogP contribution in [-0.4, -0.2) is 42.1 Å². The molecular weight excluding hydrogens is 362 g/mol. The van der Waals surface area contributed by atoms with Crippen LogP contribution in [-0.2, 0) is 6.42 Å². The van der Waals surface area contributed by atoms with Gasteiger partial charge in [0, 0.05) is 44.3 Å². The summed E-state index contributed by atoms with van der Waals surface area (Å²) in [5.74, 6) is 1.78. The minimum atomic E-state index is -0.134. The number of aromatic nitrogens is 2. The molecule has 0 radical (unpaired) electrons. The fraction of sp³-hybridized carbons (Fsp3) is 0.261. The van der Waals surface area contributed by atoms with Crippen LogP contribution in [0, 0.1) is 0 Å². The van der Waals surface area contributed by atoms with Crippen molar-refractivity contribution < 1.29 is 4.79 Å². The highest BCUT2D eigenvalue weighted by Crippen LogP contribution is 2.19. The van der Waals surface area contributed by atoms with Gasteiger partial charge in [-0.3, -0.25) is 4.79 Å². The van der Waals surface area contributed by atoms with Crippen molar-refractivity contribution in [2.75, 3.05) is 41.3 Å². The molecule has 0 bridgehead atoms. The van der Waals surface area contributed by atoms with Gasteiger partial charge in [0.05, 0.1) is 5.56 Å². The number of rotatable bonds is 5. The number of piperazine rings is 1. The van der Waals surface area contributed by atoms with Crippen LogP contribution in [0.15, 0.2) is 67.0 Å². The zero-order valence-corrected chi connectivity index (χ0v) is 16.6. The van der Waals surface area contributed by atoms with Crippen molar-refractivity contribution >= 4 is 23.2 Å². The molecule has 0 aliphatic carbocycles. The highest BCUT2D eigenvalue weighted by molar-refractivity contribution is 6.04. The van der Waals surface area contributed by atoms with Crippen LogP contribution in [0.25, 0.3) is 0 Å². The van der Waals surface area contributed by atoms with Crippen molar-refractivity contribution in [2.45, 2.75) is 13.3 Å². The average Bonchev–Trinajstić information content (AvgIpc) is 2.80. The molecule has 1 fully saturated rings. The second kappa shape index (κ2) is 8.73. The molecule has 6 nitrogen and oxygen atoms in total. The number of pyridine rings is 2. The highest BCUT2D eigenvalue weighted by Gasteiger charge is 2.19. The van der Waals surface area contributed by atoms with Gasteiger partial charge in [-0.2, -0.15) is 0 Å². The van der Waals surface area contributed by atoms with Crippen molar-refractivity contribution in [3.05, 3.63) is 78.1 Å². The van der Waals surface area contributed by atoms with Crippen molar-refractivity contribution in [1.82, 2.24) is 9.97 Å². The maximum atomic E-state index is 12.6. The van der Waals surface area contributed by atoms with Crippen molar-refractivity contribution in [3.63, 3.8) is 0 Å². The number of nitrogens with one attached hydrogen (secondary N) is 1. The van der Waals surface area contributed by atoms with Gasteiger partial charge >= 0.3 is 0 Å². The first-order valence-corrected chi connectivity index (χ1v) is 10.0. The van der Waals surface area contributed by atoms with Gasteiger partial charge in [0.1, 0.15) is 11.6 Å². The number of hydrogen-bond donors (Lipinski definition) is 1. The second-order valence-electron chi connectivity index (χ2n) is 7.03. The molecule has 0 atom stereocenters. The van der Waals surface area contributed by atoms with Crippen molar-refractivity contribution in [2.24, 2.45) is 0 Å². The van der Waals surface area contributed by atoms with E-state index >= 15 is 0 Å². The van der Waals surface area contributed by atoms with Crippen LogP contribution >= 0.6 is 0 Å². The zero-order valence-electron chi connectivity index (χ0n) is 16.6. The van der Waals surface area contributed by atoms with Crippen molar-refractivity contribution in [1.29, 1.82) is 0 Å². The van der Waals surface area contributed by atoms with E-state index in [0.29, 0.717) is 5.56 Å². The minimum absolute atomic E-state index is 0.134. The first kappa shape index (κ1) is 18.9. The van der Waals surface area contributed by atoms with E-state index in [0.717, 1.165) is 55.5 Å². The van der Waals surface area contributed by atoms with E-state index in [9.17, 15) is 4.79 Å². The Labute approximate surface area is 171 Å². The standard InChI is InChI=1S/C23H25N5O/c1-2-18-7-3-4-8-20(18)26-23(29)19-10-11-22(25-17-19)28-15-13-27(14-16-28)21-9-5-6-12-24-21/h3-12,17H,2,13-16H2,1H3,(H,26,29). The van der Waals surface area contributed by atoms with E-state index in [-0.39, 0.29) is 5.91 Å². The molecule has 1 amide bonds. The largest absolute Gasteiger partial charge is 0.353 e. The van der Waals surface area contributed by atoms with E-state index in [1.807, 2.05) is 60.8 Å². The summed E-state index contributed by atoms with van der Waals surface area (Å²) in [5, 5.41) is 2.99. The van der Waals surface area contributed by atoms with Crippen LogP contribution < -0.4 is 15.1 Å². The van der Waals surface area contributed by atoms with Gasteiger partial charge in [0.15, 0.2) is 0 Å². The maximum Gasteiger partial charge on any atom is 0.257 e. The van der Waals surface area contributed by atoms with Gasteiger partial charge in [0.25, 0.3) is 5.91 Å². The monoisotopic (exact) mass is 387 g/mol. The smallest absolute Gasteiger partial charge is 0.257 e. The zero-order chi connectivity index (χ0) is 20.1. The lowest BCUT2D eigenvalue weighted by molar-refractivity contribution is 0.102. The number of carbonyl (C=O) groups is 1. The summed E-state index contributed by atoms with van der Waals surface area (Å²) < 4.78 is 0. The molecule has 0 spiro atoms. The van der Waals surface area contributed by atoms with E-state index in [2.05, 4.69) is 32.0 Å². The maximum absolute atomic E-state index is 12.6. The average molecular weight is 387 g/mol. The van der Waals surface area contributed by atoms with E-state index < -0.39 is 0 Å². The number of hydrogen-bond acceptors (Lipinski definition) is 5. The molecule has 1 aromatic carbocycles. The fourth-order valence-electron chi connectivity index (χ4n) is 3.56. The number of aryl methyl sites for hydroxylation is 1. The Morgan fingerprint density at radius 1 is 0.897 bits per heavy atom. The first-order valence-electron chi connectivity index (χ1n) is 10.0. The number of anilines is 3. The summed E-state index contributed by atoms with van der Waals surface area (Å²) in [5.41, 5.74) is 2.54. The predicted molar refractivity (Wildman–Crippen MR) is 117 cm³/mol. The Bertz CT molecular complexity index is 951. The summed E-state index contributed by atoms with van der Waals surface area (Å²) in [4.78, 5) is 26.1. The van der Waals surface area contributed by atoms with Crippen LogP contribution in [0.3, 0.4) is 0 Å². The lowest BCUT2D eigenvalue weighted by Gasteiger charge is -2.36. The summed E-state index contributed by atoms with van der Waals surface area (Å²) in [6, 6.07) is 17.6. The Balaban J connectivity index is 1.37. The molecule has 0 saturated carbocycles. The quantitative estimate of drug-likeness (QED) is 0.725. The number of para-hydroxylation sites is 1. The molecular formula is C23H25N5O. The molecule has 1 aliphatic heterocycles. The van der Waals surface area contributed by atoms with Gasteiger partial charge in [-0.15, -0.1) is 0 Å². The Morgan fingerprint density at radius 3 is 2.21 bits per heavy atom. The third-order valence-corrected chi connectivity index (χ3v) is 5.23. The summed E-state index contributed by atoms with van der Waals surface area (Å²) in [6.45, 7) is 5.62. The highest BCUT2D eigenvalue weighted by atomic mass is 16.1. The van der Waals surface area contributed by atoms with Crippen molar-refractivity contribution in [3.8, 4) is 0 Å². The molecule has 1 aliphatic rings. The summed E-state index contributed by atoms with van der Waals surface area (Å²) >= 11 is 0. The Morgan fingerprint density at radius 2 is 1.59 bits per heavy atom. The number of carbonyl (C=O) groups excluding carboxylic acids is 1. The first-order chi connectivity index (χ1) is 14.2. The van der Waals surface area contributed by atoms with Crippen LogP contribution in [0.5, 0.6) is 0 Å². The van der Waals surface area contributed by atoms with Gasteiger partial charge in [-0.1, -0.05) is 31.2 Å². The third kappa shape index (κ3) is 4.37. The molecule has 1 saturated heterocycles. The van der Waals surface area contributed by atoms with Crippen LogP contribution in [0.1, 0.15) is 22.8 Å². The second-order valence-corrected chi connectivity index (χ2v) is 7.03. The molecule has 6 heteroatoms. The molecule has 3 heterocycles. The lowest BCUT2D eigenvalue weighted by atomic mass is 10.1. The van der Waals surface area contributed by atoms with Gasteiger partial charge in [-0.25, -0.2) is 9.97 Å². The lowest BCUT2D eigenvalue weighted by Crippen LogP contribution is -2.47. The molecule has 29 heavy (non-hydrogen) atoms. The van der Waals surface area contributed by atoms with E-state index in [1.54, 1.807) is 6.20 Å². The fourth-order valence-corrected chi connectivity index (χ4v) is 3.56. The normalized spacial score (nSPS) is 14.0.